The number of carbonyl (C=O) groups is 2. The molecule has 8 nitrogen and oxygen atoms in total. The zero-order valence-electron chi connectivity index (χ0n) is 9.28. The quantitative estimate of drug-likeness (QED) is 0.290. The van der Waals surface area contributed by atoms with Gasteiger partial charge in [0.2, 0.25) is 11.5 Å². The van der Waals surface area contributed by atoms with Gasteiger partial charge in [-0.1, -0.05) is 0 Å². The van der Waals surface area contributed by atoms with Crippen LogP contribution in [0.5, 0.6) is 0 Å². The molecule has 0 aromatic carbocycles. The molecule has 1 aliphatic heterocycles. The summed E-state index contributed by atoms with van der Waals surface area (Å²) in [5.41, 5.74) is 0. The molecular formula is C7H9NaO8. The number of carboxylic acid groups (broad SMARTS) is 1. The number of rotatable bonds is 3. The number of aliphatic hydroxyl groups is 3. The third-order valence-electron chi connectivity index (χ3n) is 1.65. The van der Waals surface area contributed by atoms with Crippen LogP contribution in [0.4, 0.5) is 4.79 Å². The van der Waals surface area contributed by atoms with Gasteiger partial charge >= 0.3 is 41.7 Å². The topological polar surface area (TPSA) is 134 Å². The monoisotopic (exact) mass is 244 g/mol. The van der Waals surface area contributed by atoms with E-state index in [0.29, 0.717) is 0 Å². The maximum absolute atomic E-state index is 10.8. The summed E-state index contributed by atoms with van der Waals surface area (Å²) in [7, 11) is 0. The summed E-state index contributed by atoms with van der Waals surface area (Å²) < 4.78 is 8.44. The molecule has 0 aromatic heterocycles. The van der Waals surface area contributed by atoms with Crippen molar-refractivity contribution in [2.24, 2.45) is 0 Å². The van der Waals surface area contributed by atoms with Crippen molar-refractivity contribution in [3.05, 3.63) is 11.5 Å². The van der Waals surface area contributed by atoms with Gasteiger partial charge in [-0.05, 0) is 0 Å². The number of esters is 1. The summed E-state index contributed by atoms with van der Waals surface area (Å²) in [6, 6.07) is 0. The first-order valence-electron chi connectivity index (χ1n) is 3.81. The van der Waals surface area contributed by atoms with Gasteiger partial charge < -0.3 is 31.3 Å². The van der Waals surface area contributed by atoms with Crippen molar-refractivity contribution < 1.29 is 70.5 Å². The van der Waals surface area contributed by atoms with E-state index in [1.165, 1.54) is 0 Å². The summed E-state index contributed by atoms with van der Waals surface area (Å²) in [4.78, 5) is 21.0. The molecule has 2 atom stereocenters. The molecule has 0 fully saturated rings. The molecular weight excluding hydrogens is 235 g/mol. The summed E-state index contributed by atoms with van der Waals surface area (Å²) in [6.07, 6.45) is -4.85. The van der Waals surface area contributed by atoms with Gasteiger partial charge in [-0.3, -0.25) is 0 Å². The number of ether oxygens (including phenoxy) is 2. The van der Waals surface area contributed by atoms with E-state index in [-0.39, 0.29) is 31.0 Å². The molecule has 1 heterocycles. The largest absolute Gasteiger partial charge is 1.00 e. The fourth-order valence-corrected chi connectivity index (χ4v) is 1.01. The van der Waals surface area contributed by atoms with Gasteiger partial charge in [-0.15, -0.1) is 0 Å². The number of aliphatic hydroxyl groups excluding tert-OH is 3. The minimum atomic E-state index is -1.77. The second kappa shape index (κ2) is 6.06. The first kappa shape index (κ1) is 15.2. The Bertz CT molecular complexity index is 330. The second-order valence-electron chi connectivity index (χ2n) is 2.66. The molecule has 1 aliphatic rings. The van der Waals surface area contributed by atoms with E-state index in [4.69, 9.17) is 20.4 Å². The third-order valence-corrected chi connectivity index (χ3v) is 1.65. The molecule has 0 aliphatic carbocycles. The van der Waals surface area contributed by atoms with Crippen molar-refractivity contribution in [1.82, 2.24) is 0 Å². The van der Waals surface area contributed by atoms with Crippen molar-refractivity contribution in [1.29, 1.82) is 0 Å². The summed E-state index contributed by atoms with van der Waals surface area (Å²) in [5.74, 6) is -2.98. The average Bonchev–Trinajstić information content (AvgIpc) is 2.44. The maximum atomic E-state index is 10.8. The standard InChI is InChI=1S/C7H8O8.Na.H/c8-1-2(9)4-5(15-7(12)13)3(10)6(11)14-4;;/h2,4,8-10H,1H2,(H,12,13);;/q;+1;-1/t2-,4+;;/m0../s1. The maximum Gasteiger partial charge on any atom is 1.00 e. The summed E-state index contributed by atoms with van der Waals surface area (Å²) >= 11 is 0. The van der Waals surface area contributed by atoms with Crippen molar-refractivity contribution in [2.45, 2.75) is 12.2 Å². The van der Waals surface area contributed by atoms with E-state index >= 15 is 0 Å². The van der Waals surface area contributed by atoms with Gasteiger partial charge in [0, 0.05) is 0 Å². The number of carbonyl (C=O) groups excluding carboxylic acids is 1. The van der Waals surface area contributed by atoms with Crippen LogP contribution in [0.25, 0.3) is 0 Å². The smallest absolute Gasteiger partial charge is 1.00 e. The number of hydrogen-bond acceptors (Lipinski definition) is 7. The molecule has 0 unspecified atom stereocenters. The van der Waals surface area contributed by atoms with E-state index < -0.39 is 42.5 Å². The zero-order chi connectivity index (χ0) is 11.6. The van der Waals surface area contributed by atoms with Crippen LogP contribution >= 0.6 is 0 Å². The number of hydrogen-bond donors (Lipinski definition) is 4. The van der Waals surface area contributed by atoms with E-state index in [0.717, 1.165) is 0 Å². The van der Waals surface area contributed by atoms with Crippen molar-refractivity contribution >= 4 is 12.1 Å². The SMILES string of the molecule is O=C(O)OC1=C(O)C(=O)O[C@@H]1[C@@H](O)CO.[H-].[Na+]. The Morgan fingerprint density at radius 3 is 2.62 bits per heavy atom. The van der Waals surface area contributed by atoms with Crippen LogP contribution in [0.3, 0.4) is 0 Å². The Balaban J connectivity index is 0. The average molecular weight is 244 g/mol. The molecule has 4 N–H and O–H groups in total. The Kier molecular flexibility index (Phi) is 5.76. The van der Waals surface area contributed by atoms with Crippen molar-refractivity contribution in [3.8, 4) is 0 Å². The van der Waals surface area contributed by atoms with Gasteiger partial charge in [-0.25, -0.2) is 9.59 Å². The minimum absolute atomic E-state index is 0. The van der Waals surface area contributed by atoms with E-state index in [2.05, 4.69) is 9.47 Å². The molecule has 0 saturated heterocycles. The molecule has 0 radical (unpaired) electrons. The van der Waals surface area contributed by atoms with Crippen LogP contribution in [0, 0.1) is 0 Å². The van der Waals surface area contributed by atoms with Gasteiger partial charge in [-0.2, -0.15) is 0 Å². The molecule has 1 rings (SSSR count). The first-order valence-corrected chi connectivity index (χ1v) is 3.81. The zero-order valence-corrected chi connectivity index (χ0v) is 10.3. The Morgan fingerprint density at radius 2 is 2.19 bits per heavy atom. The molecule has 86 valence electrons. The van der Waals surface area contributed by atoms with Crippen LogP contribution in [-0.4, -0.2) is 51.4 Å². The Labute approximate surface area is 113 Å². The van der Waals surface area contributed by atoms with Gasteiger partial charge in [0.25, 0.3) is 0 Å². The summed E-state index contributed by atoms with van der Waals surface area (Å²) in [6.45, 7) is -0.780. The van der Waals surface area contributed by atoms with Gasteiger partial charge in [0.05, 0.1) is 6.61 Å². The predicted octanol–water partition coefficient (Wildman–Crippen LogP) is -4.15. The Hall–Kier alpha value is -0.800. The molecule has 0 bridgehead atoms. The van der Waals surface area contributed by atoms with Crippen LogP contribution in [0.2, 0.25) is 0 Å². The molecule has 0 spiro atoms. The predicted molar refractivity (Wildman–Crippen MR) is 42.8 cm³/mol. The van der Waals surface area contributed by atoms with Crippen molar-refractivity contribution in [3.63, 3.8) is 0 Å². The van der Waals surface area contributed by atoms with Gasteiger partial charge in [0.15, 0.2) is 6.10 Å². The normalized spacial score (nSPS) is 21.1. The van der Waals surface area contributed by atoms with Crippen LogP contribution in [0.15, 0.2) is 11.5 Å². The summed E-state index contributed by atoms with van der Waals surface area (Å²) in [5, 5.41) is 35.0. The fraction of sp³-hybridized carbons (Fsp3) is 0.429. The van der Waals surface area contributed by atoms with E-state index in [1.807, 2.05) is 0 Å². The number of cyclic esters (lactones) is 1. The third kappa shape index (κ3) is 3.09. The van der Waals surface area contributed by atoms with Crippen LogP contribution in [0.1, 0.15) is 1.43 Å². The molecule has 0 amide bonds. The Morgan fingerprint density at radius 1 is 1.62 bits per heavy atom. The first-order chi connectivity index (χ1) is 6.97. The molecule has 16 heavy (non-hydrogen) atoms. The molecule has 0 aromatic rings. The molecule has 9 heteroatoms. The van der Waals surface area contributed by atoms with E-state index in [9.17, 15) is 9.59 Å². The van der Waals surface area contributed by atoms with Gasteiger partial charge in [0.1, 0.15) is 6.10 Å². The molecule has 0 saturated carbocycles. The van der Waals surface area contributed by atoms with Crippen molar-refractivity contribution in [2.75, 3.05) is 6.61 Å². The second-order valence-corrected chi connectivity index (χ2v) is 2.66. The minimum Gasteiger partial charge on any atom is -1.00 e. The fourth-order valence-electron chi connectivity index (χ4n) is 1.01. The van der Waals surface area contributed by atoms with Crippen LogP contribution < -0.4 is 29.6 Å². The van der Waals surface area contributed by atoms with Crippen LogP contribution in [-0.2, 0) is 14.3 Å². The van der Waals surface area contributed by atoms with E-state index in [1.54, 1.807) is 0 Å².